The Bertz CT molecular complexity index is 1140. The van der Waals surface area contributed by atoms with Crippen LogP contribution in [-0.4, -0.2) is 4.98 Å². The highest BCUT2D eigenvalue weighted by Gasteiger charge is 2.08. The van der Waals surface area contributed by atoms with Crippen LogP contribution in [0.15, 0.2) is 91.1 Å². The van der Waals surface area contributed by atoms with Gasteiger partial charge in [-0.1, -0.05) is 66.7 Å². The number of aryl methyl sites for hydroxylation is 1. The van der Waals surface area contributed by atoms with E-state index in [0.29, 0.717) is 5.69 Å². The van der Waals surface area contributed by atoms with Crippen LogP contribution in [0, 0.1) is 13.5 Å². The van der Waals surface area contributed by atoms with Gasteiger partial charge in [0.1, 0.15) is 0 Å². The molecule has 0 radical (unpaired) electrons. The molecule has 0 aliphatic carbocycles. The topological polar surface area (TPSA) is 17.2 Å². The molecule has 0 bridgehead atoms. The highest BCUT2D eigenvalue weighted by Crippen LogP contribution is 2.30. The molecule has 27 heavy (non-hydrogen) atoms. The standard InChI is InChI=1S/C25H18N2/c1-18-14-25(27-17-24(18)21-11-7-13-23(16-21)26-2)22-12-6-10-20(15-22)19-8-4-3-5-9-19/h3-17H,1H3. The van der Waals surface area contributed by atoms with Gasteiger partial charge in [-0.25, -0.2) is 4.85 Å². The van der Waals surface area contributed by atoms with Crippen LogP contribution in [0.5, 0.6) is 0 Å². The highest BCUT2D eigenvalue weighted by atomic mass is 14.7. The normalized spacial score (nSPS) is 10.4. The van der Waals surface area contributed by atoms with Crippen LogP contribution in [0.3, 0.4) is 0 Å². The van der Waals surface area contributed by atoms with Crippen molar-refractivity contribution in [3.63, 3.8) is 0 Å². The van der Waals surface area contributed by atoms with Crippen molar-refractivity contribution in [2.45, 2.75) is 6.92 Å². The Kier molecular flexibility index (Phi) is 4.51. The number of hydrogen-bond donors (Lipinski definition) is 0. The Morgan fingerprint density at radius 1 is 0.704 bits per heavy atom. The molecule has 0 unspecified atom stereocenters. The van der Waals surface area contributed by atoms with Crippen LogP contribution in [0.1, 0.15) is 5.56 Å². The molecule has 3 aromatic carbocycles. The molecule has 0 aliphatic heterocycles. The minimum Gasteiger partial charge on any atom is -0.256 e. The van der Waals surface area contributed by atoms with Gasteiger partial charge in [-0.3, -0.25) is 4.98 Å². The van der Waals surface area contributed by atoms with Crippen LogP contribution in [0.4, 0.5) is 5.69 Å². The summed E-state index contributed by atoms with van der Waals surface area (Å²) in [5.41, 5.74) is 8.31. The lowest BCUT2D eigenvalue weighted by molar-refractivity contribution is 1.29. The lowest BCUT2D eigenvalue weighted by Crippen LogP contribution is -1.90. The molecule has 1 aromatic heterocycles. The second-order valence-corrected chi connectivity index (χ2v) is 6.49. The Labute approximate surface area is 159 Å². The lowest BCUT2D eigenvalue weighted by atomic mass is 9.98. The Hall–Kier alpha value is -3.70. The molecule has 0 N–H and O–H groups in total. The molecule has 4 aromatic rings. The molecule has 0 spiro atoms. The first kappa shape index (κ1) is 16.8. The van der Waals surface area contributed by atoms with Crippen LogP contribution in [0.25, 0.3) is 38.4 Å². The maximum atomic E-state index is 7.20. The second kappa shape index (κ2) is 7.27. The predicted octanol–water partition coefficient (Wildman–Crippen LogP) is 6.94. The van der Waals surface area contributed by atoms with E-state index in [-0.39, 0.29) is 0 Å². The number of nitrogens with zero attached hydrogens (tertiary/aromatic N) is 2. The fourth-order valence-electron chi connectivity index (χ4n) is 3.25. The summed E-state index contributed by atoms with van der Waals surface area (Å²) in [7, 11) is 0. The number of hydrogen-bond acceptors (Lipinski definition) is 1. The monoisotopic (exact) mass is 346 g/mol. The molecule has 0 fully saturated rings. The number of aromatic nitrogens is 1. The average molecular weight is 346 g/mol. The quantitative estimate of drug-likeness (QED) is 0.367. The number of rotatable bonds is 3. The van der Waals surface area contributed by atoms with E-state index in [2.05, 4.69) is 66.4 Å². The molecular formula is C25H18N2. The van der Waals surface area contributed by atoms with Crippen LogP contribution in [-0.2, 0) is 0 Å². The van der Waals surface area contributed by atoms with E-state index < -0.39 is 0 Å². The summed E-state index contributed by atoms with van der Waals surface area (Å²) in [5, 5.41) is 0. The van der Waals surface area contributed by atoms with Crippen LogP contribution < -0.4 is 0 Å². The van der Waals surface area contributed by atoms with Crippen molar-refractivity contribution in [3.8, 4) is 33.5 Å². The fraction of sp³-hybridized carbons (Fsp3) is 0.0400. The molecule has 0 atom stereocenters. The second-order valence-electron chi connectivity index (χ2n) is 6.49. The average Bonchev–Trinajstić information content (AvgIpc) is 2.74. The molecule has 0 aliphatic rings. The van der Waals surface area contributed by atoms with Gasteiger partial charge in [0, 0.05) is 17.3 Å². The van der Waals surface area contributed by atoms with Crippen molar-refractivity contribution < 1.29 is 0 Å². The summed E-state index contributed by atoms with van der Waals surface area (Å²) in [4.78, 5) is 8.22. The van der Waals surface area contributed by atoms with Gasteiger partial charge in [0.2, 0.25) is 0 Å². The van der Waals surface area contributed by atoms with Crippen molar-refractivity contribution in [2.24, 2.45) is 0 Å². The summed E-state index contributed by atoms with van der Waals surface area (Å²) < 4.78 is 0. The molecular weight excluding hydrogens is 328 g/mol. The third-order valence-corrected chi connectivity index (χ3v) is 4.66. The number of pyridine rings is 1. The Morgan fingerprint density at radius 3 is 2.19 bits per heavy atom. The number of benzene rings is 3. The van der Waals surface area contributed by atoms with Gasteiger partial charge in [-0.05, 0) is 47.4 Å². The minimum absolute atomic E-state index is 0.645. The van der Waals surface area contributed by atoms with Crippen molar-refractivity contribution in [1.82, 2.24) is 4.98 Å². The third kappa shape index (κ3) is 3.49. The molecule has 0 saturated carbocycles. The van der Waals surface area contributed by atoms with Gasteiger partial charge in [0.05, 0.1) is 12.3 Å². The molecule has 1 heterocycles. The van der Waals surface area contributed by atoms with E-state index >= 15 is 0 Å². The molecule has 0 saturated heterocycles. The Morgan fingerprint density at radius 2 is 1.41 bits per heavy atom. The summed E-state index contributed by atoms with van der Waals surface area (Å²) in [5.74, 6) is 0. The van der Waals surface area contributed by atoms with Gasteiger partial charge in [-0.2, -0.15) is 0 Å². The SMILES string of the molecule is [C-]#[N+]c1cccc(-c2cnc(-c3cccc(-c4ccccc4)c3)cc2C)c1. The molecule has 2 nitrogen and oxygen atoms in total. The van der Waals surface area contributed by atoms with Crippen molar-refractivity contribution in [2.75, 3.05) is 0 Å². The van der Waals surface area contributed by atoms with Gasteiger partial charge in [-0.15, -0.1) is 0 Å². The summed E-state index contributed by atoms with van der Waals surface area (Å²) >= 11 is 0. The van der Waals surface area contributed by atoms with E-state index in [4.69, 9.17) is 11.6 Å². The lowest BCUT2D eigenvalue weighted by Gasteiger charge is -2.10. The van der Waals surface area contributed by atoms with Gasteiger partial charge in [0.25, 0.3) is 0 Å². The molecule has 128 valence electrons. The van der Waals surface area contributed by atoms with E-state index in [1.807, 2.05) is 36.5 Å². The van der Waals surface area contributed by atoms with Crippen molar-refractivity contribution in [1.29, 1.82) is 0 Å². The van der Waals surface area contributed by atoms with E-state index in [0.717, 1.165) is 27.9 Å². The third-order valence-electron chi connectivity index (χ3n) is 4.66. The van der Waals surface area contributed by atoms with E-state index in [1.165, 1.54) is 11.1 Å². The molecule has 0 amide bonds. The minimum atomic E-state index is 0.645. The highest BCUT2D eigenvalue weighted by molar-refractivity contribution is 5.75. The fourth-order valence-corrected chi connectivity index (χ4v) is 3.25. The summed E-state index contributed by atoms with van der Waals surface area (Å²) in [6, 6.07) is 28.6. The Balaban J connectivity index is 1.72. The van der Waals surface area contributed by atoms with Gasteiger partial charge in [0.15, 0.2) is 5.69 Å². The molecule has 4 rings (SSSR count). The largest absolute Gasteiger partial charge is 0.256 e. The maximum Gasteiger partial charge on any atom is 0.187 e. The maximum absolute atomic E-state index is 7.20. The van der Waals surface area contributed by atoms with Crippen molar-refractivity contribution >= 4 is 5.69 Å². The van der Waals surface area contributed by atoms with Crippen LogP contribution in [0.2, 0.25) is 0 Å². The van der Waals surface area contributed by atoms with E-state index in [9.17, 15) is 0 Å². The summed E-state index contributed by atoms with van der Waals surface area (Å²) in [6.07, 6.45) is 1.91. The molecule has 2 heteroatoms. The van der Waals surface area contributed by atoms with Gasteiger partial charge < -0.3 is 0 Å². The first-order valence-corrected chi connectivity index (χ1v) is 8.85. The van der Waals surface area contributed by atoms with Crippen molar-refractivity contribution in [3.05, 3.63) is 108 Å². The first-order valence-electron chi connectivity index (χ1n) is 8.85. The van der Waals surface area contributed by atoms with Crippen LogP contribution >= 0.6 is 0 Å². The van der Waals surface area contributed by atoms with Gasteiger partial charge >= 0.3 is 0 Å². The summed E-state index contributed by atoms with van der Waals surface area (Å²) in [6.45, 7) is 9.29. The predicted molar refractivity (Wildman–Crippen MR) is 112 cm³/mol. The van der Waals surface area contributed by atoms with E-state index in [1.54, 1.807) is 0 Å². The zero-order valence-electron chi connectivity index (χ0n) is 15.1. The zero-order valence-corrected chi connectivity index (χ0v) is 15.1. The smallest absolute Gasteiger partial charge is 0.187 e. The first-order chi connectivity index (χ1) is 13.2. The zero-order chi connectivity index (χ0) is 18.6.